The smallest absolute Gasteiger partial charge is 0.410 e. The van der Waals surface area contributed by atoms with Gasteiger partial charge in [-0.05, 0) is 60.0 Å². The number of ether oxygens (including phenoxy) is 3. The average molecular weight is 356 g/mol. The first-order valence-corrected chi connectivity index (χ1v) is 8.57. The van der Waals surface area contributed by atoms with E-state index in [9.17, 15) is 9.59 Å². The number of likely N-dealkylation sites (tertiary alicyclic amines) is 1. The number of hydrogen-bond acceptors (Lipinski definition) is 5. The first-order chi connectivity index (χ1) is 11.4. The number of carbonyl (C=O) groups excluding carboxylic acids is 2. The number of nitrogens with zero attached hydrogens (tertiary/aromatic N) is 1. The van der Waals surface area contributed by atoms with E-state index >= 15 is 0 Å². The molecule has 0 radical (unpaired) electrons. The highest BCUT2D eigenvalue weighted by Crippen LogP contribution is 2.26. The molecule has 1 heterocycles. The van der Waals surface area contributed by atoms with Crippen molar-refractivity contribution in [1.82, 2.24) is 10.2 Å². The molecule has 0 spiro atoms. The lowest BCUT2D eigenvalue weighted by molar-refractivity contribution is 0.0249. The molecule has 144 valence electrons. The molecular formula is C18H32N2O5. The summed E-state index contributed by atoms with van der Waals surface area (Å²) < 4.78 is 15.7. The van der Waals surface area contributed by atoms with Crippen molar-refractivity contribution in [3.63, 3.8) is 0 Å². The molecule has 0 aromatic rings. The van der Waals surface area contributed by atoms with Gasteiger partial charge in [0, 0.05) is 13.1 Å². The summed E-state index contributed by atoms with van der Waals surface area (Å²) in [6.45, 7) is 11.9. The zero-order chi connectivity index (χ0) is 19.3. The molecule has 0 bridgehead atoms. The first kappa shape index (κ1) is 21.1. The van der Waals surface area contributed by atoms with Gasteiger partial charge in [0.05, 0.1) is 19.4 Å². The van der Waals surface area contributed by atoms with Gasteiger partial charge < -0.3 is 24.4 Å². The summed E-state index contributed by atoms with van der Waals surface area (Å²) in [4.78, 5) is 25.9. The number of alkyl carbamates (subject to hydrolysis) is 1. The number of amides is 2. The maximum atomic E-state index is 12.4. The molecule has 2 atom stereocenters. The largest absolute Gasteiger partial charge is 0.505 e. The predicted molar refractivity (Wildman–Crippen MR) is 95.2 cm³/mol. The summed E-state index contributed by atoms with van der Waals surface area (Å²) in [5.41, 5.74) is -1.09. The third-order valence-electron chi connectivity index (χ3n) is 3.43. The fourth-order valence-electron chi connectivity index (χ4n) is 2.53. The van der Waals surface area contributed by atoms with Gasteiger partial charge in [-0.2, -0.15) is 0 Å². The Labute approximate surface area is 150 Å². The molecule has 1 aliphatic rings. The molecule has 25 heavy (non-hydrogen) atoms. The Kier molecular flexibility index (Phi) is 7.14. The second kappa shape index (κ2) is 8.45. The maximum absolute atomic E-state index is 12.4. The highest BCUT2D eigenvalue weighted by Gasteiger charge is 2.36. The molecule has 0 saturated carbocycles. The second-order valence-corrected chi connectivity index (χ2v) is 8.25. The highest BCUT2D eigenvalue weighted by molar-refractivity contribution is 5.69. The van der Waals surface area contributed by atoms with Crippen molar-refractivity contribution in [3.8, 4) is 0 Å². The minimum absolute atomic E-state index is 0.117. The van der Waals surface area contributed by atoms with Crippen molar-refractivity contribution >= 4 is 12.2 Å². The van der Waals surface area contributed by atoms with Gasteiger partial charge in [0.25, 0.3) is 0 Å². The minimum atomic E-state index is -0.556. The minimum Gasteiger partial charge on any atom is -0.505 e. The molecule has 0 aliphatic carbocycles. The van der Waals surface area contributed by atoms with Crippen LogP contribution in [0, 0.1) is 5.92 Å². The van der Waals surface area contributed by atoms with Crippen molar-refractivity contribution in [2.75, 3.05) is 20.2 Å². The van der Waals surface area contributed by atoms with Crippen molar-refractivity contribution < 1.29 is 23.8 Å². The quantitative estimate of drug-likeness (QED) is 0.782. The predicted octanol–water partition coefficient (Wildman–Crippen LogP) is 3.30. The summed E-state index contributed by atoms with van der Waals surface area (Å²) in [5.74, 6) is 0.117. The van der Waals surface area contributed by atoms with E-state index in [1.54, 1.807) is 18.3 Å². The van der Waals surface area contributed by atoms with Gasteiger partial charge >= 0.3 is 12.2 Å². The number of carbonyl (C=O) groups is 2. The van der Waals surface area contributed by atoms with Gasteiger partial charge in [-0.15, -0.1) is 0 Å². The van der Waals surface area contributed by atoms with Crippen LogP contribution in [0.1, 0.15) is 48.0 Å². The summed E-state index contributed by atoms with van der Waals surface area (Å²) >= 11 is 0. The summed E-state index contributed by atoms with van der Waals surface area (Å²) in [6, 6.07) is -0.125. The first-order valence-electron chi connectivity index (χ1n) is 8.57. The molecule has 1 N–H and O–H groups in total. The lowest BCUT2D eigenvalue weighted by Crippen LogP contribution is -2.40. The van der Waals surface area contributed by atoms with E-state index < -0.39 is 17.3 Å². The maximum Gasteiger partial charge on any atom is 0.410 e. The molecule has 7 heteroatoms. The van der Waals surface area contributed by atoms with Crippen LogP contribution in [0.15, 0.2) is 12.3 Å². The third-order valence-corrected chi connectivity index (χ3v) is 3.43. The fraction of sp³-hybridized carbons (Fsp3) is 0.778. The molecule has 7 nitrogen and oxygen atoms in total. The van der Waals surface area contributed by atoms with E-state index in [0.29, 0.717) is 13.1 Å². The van der Waals surface area contributed by atoms with E-state index in [-0.39, 0.29) is 18.1 Å². The van der Waals surface area contributed by atoms with Gasteiger partial charge in [-0.25, -0.2) is 9.59 Å². The van der Waals surface area contributed by atoms with Crippen LogP contribution in [0.5, 0.6) is 0 Å². The Morgan fingerprint density at radius 2 is 1.72 bits per heavy atom. The molecule has 0 aromatic carbocycles. The zero-order valence-corrected chi connectivity index (χ0v) is 16.4. The molecule has 2 amide bonds. The van der Waals surface area contributed by atoms with Gasteiger partial charge in [0.15, 0.2) is 0 Å². The number of nitrogens with one attached hydrogen (secondary N) is 1. The zero-order valence-electron chi connectivity index (χ0n) is 16.4. The number of methoxy groups -OCH3 is 1. The summed E-state index contributed by atoms with van der Waals surface area (Å²) in [6.07, 6.45) is 3.29. The van der Waals surface area contributed by atoms with Crippen LogP contribution in [0.25, 0.3) is 0 Å². The van der Waals surface area contributed by atoms with Crippen LogP contribution in [0.2, 0.25) is 0 Å². The van der Waals surface area contributed by atoms with Crippen molar-refractivity contribution in [1.29, 1.82) is 0 Å². The van der Waals surface area contributed by atoms with Crippen LogP contribution in [0.4, 0.5) is 9.59 Å². The Hall–Kier alpha value is -1.92. The molecule has 0 aromatic heterocycles. The average Bonchev–Trinajstić information content (AvgIpc) is 2.82. The van der Waals surface area contributed by atoms with Gasteiger partial charge in [-0.3, -0.25) is 0 Å². The summed E-state index contributed by atoms with van der Waals surface area (Å²) in [7, 11) is 1.56. The second-order valence-electron chi connectivity index (χ2n) is 8.25. The normalized spacial score (nSPS) is 21.3. The van der Waals surface area contributed by atoms with Crippen LogP contribution in [-0.4, -0.2) is 54.5 Å². The lowest BCUT2D eigenvalue weighted by atomic mass is 10.1. The third kappa shape index (κ3) is 8.14. The van der Waals surface area contributed by atoms with E-state index in [2.05, 4.69) is 5.32 Å². The fourth-order valence-corrected chi connectivity index (χ4v) is 2.53. The monoisotopic (exact) mass is 356 g/mol. The van der Waals surface area contributed by atoms with Gasteiger partial charge in [0.2, 0.25) is 0 Å². The van der Waals surface area contributed by atoms with Crippen molar-refractivity contribution in [2.45, 2.75) is 65.2 Å². The van der Waals surface area contributed by atoms with Crippen LogP contribution in [-0.2, 0) is 14.2 Å². The highest BCUT2D eigenvalue weighted by atomic mass is 16.6. The standard InChI is InChI=1S/C18H32N2O5/c1-17(2,3)24-15(21)19-11-13-10-14(8-9-23-7)20(12-13)16(22)25-18(4,5)6/h8-9,13-14H,10-12H2,1-7H3,(H,19,21)/b9-8+/t13-,14?/m1/s1. The molecule has 1 fully saturated rings. The number of hydrogen-bond donors (Lipinski definition) is 1. The number of rotatable bonds is 4. The van der Waals surface area contributed by atoms with Crippen LogP contribution >= 0.6 is 0 Å². The Morgan fingerprint density at radius 3 is 2.24 bits per heavy atom. The van der Waals surface area contributed by atoms with Gasteiger partial charge in [-0.1, -0.05) is 0 Å². The van der Waals surface area contributed by atoms with Crippen LogP contribution in [0.3, 0.4) is 0 Å². The molecule has 1 aliphatic heterocycles. The SMILES string of the molecule is CO/C=C/C1C[C@H](CNC(=O)OC(C)(C)C)CN1C(=O)OC(C)(C)C. The van der Waals surface area contributed by atoms with Crippen molar-refractivity contribution in [2.24, 2.45) is 5.92 Å². The van der Waals surface area contributed by atoms with E-state index in [4.69, 9.17) is 14.2 Å². The lowest BCUT2D eigenvalue weighted by Gasteiger charge is -2.27. The van der Waals surface area contributed by atoms with E-state index in [1.807, 2.05) is 47.6 Å². The van der Waals surface area contributed by atoms with E-state index in [1.165, 1.54) is 0 Å². The molecule has 1 unspecified atom stereocenters. The molecular weight excluding hydrogens is 324 g/mol. The van der Waals surface area contributed by atoms with Gasteiger partial charge in [0.1, 0.15) is 11.2 Å². The Morgan fingerprint density at radius 1 is 1.12 bits per heavy atom. The Balaban J connectivity index is 2.65. The molecule has 1 saturated heterocycles. The molecule has 1 rings (SSSR count). The Bertz CT molecular complexity index is 491. The van der Waals surface area contributed by atoms with Crippen molar-refractivity contribution in [3.05, 3.63) is 12.3 Å². The summed E-state index contributed by atoms with van der Waals surface area (Å²) in [5, 5.41) is 2.77. The van der Waals surface area contributed by atoms with E-state index in [0.717, 1.165) is 6.42 Å². The van der Waals surface area contributed by atoms with Crippen LogP contribution < -0.4 is 5.32 Å². The topological polar surface area (TPSA) is 77.1 Å².